The van der Waals surface area contributed by atoms with Gasteiger partial charge in [0.1, 0.15) is 0 Å². The predicted octanol–water partition coefficient (Wildman–Crippen LogP) is 3.65. The Kier molecular flexibility index (Phi) is 4.18. The van der Waals surface area contributed by atoms with Crippen LogP contribution in [0.5, 0.6) is 0 Å². The fourth-order valence-electron chi connectivity index (χ4n) is 3.31. The van der Waals surface area contributed by atoms with Crippen LogP contribution in [0.1, 0.15) is 31.2 Å². The summed E-state index contributed by atoms with van der Waals surface area (Å²) in [5.41, 5.74) is 2.10. The molecule has 0 radical (unpaired) electrons. The molecule has 0 N–H and O–H groups in total. The lowest BCUT2D eigenvalue weighted by Gasteiger charge is -2.34. The van der Waals surface area contributed by atoms with Crippen molar-refractivity contribution in [1.82, 2.24) is 4.90 Å². The van der Waals surface area contributed by atoms with E-state index in [1.807, 2.05) is 0 Å². The van der Waals surface area contributed by atoms with Gasteiger partial charge in [-0.15, -0.1) is 0 Å². The smallest absolute Gasteiger partial charge is 0.00458 e. The minimum Gasteiger partial charge on any atom is -0.303 e. The molecule has 2 heteroatoms. The number of hydrogen-bond acceptors (Lipinski definition) is 2. The maximum atomic E-state index is 4.52. The van der Waals surface area contributed by atoms with Gasteiger partial charge in [-0.25, -0.2) is 0 Å². The lowest BCUT2D eigenvalue weighted by atomic mass is 9.90. The molecule has 0 atom stereocenters. The topological polar surface area (TPSA) is 3.24 Å². The first-order valence-corrected chi connectivity index (χ1v) is 8.30. The van der Waals surface area contributed by atoms with Gasteiger partial charge in [-0.2, -0.15) is 12.6 Å². The van der Waals surface area contributed by atoms with Gasteiger partial charge in [0.05, 0.1) is 0 Å². The Morgan fingerprint density at radius 1 is 1.11 bits per heavy atom. The molecule has 1 aromatic carbocycles. The van der Waals surface area contributed by atoms with Crippen molar-refractivity contribution in [3.8, 4) is 0 Å². The van der Waals surface area contributed by atoms with Crippen LogP contribution in [0.3, 0.4) is 0 Å². The van der Waals surface area contributed by atoms with Gasteiger partial charge in [-0.3, -0.25) is 0 Å². The summed E-state index contributed by atoms with van der Waals surface area (Å²) < 4.78 is 0. The fourth-order valence-corrected chi connectivity index (χ4v) is 3.73. The van der Waals surface area contributed by atoms with Gasteiger partial charge in [0.15, 0.2) is 0 Å². The molecule has 1 nitrogen and oxygen atoms in total. The highest BCUT2D eigenvalue weighted by Gasteiger charge is 2.42. The summed E-state index contributed by atoms with van der Waals surface area (Å²) in [5, 5.41) is 0. The zero-order chi connectivity index (χ0) is 13.1. The molecule has 0 aromatic heterocycles. The molecule has 0 bridgehead atoms. The van der Waals surface area contributed by atoms with Crippen LogP contribution in [-0.2, 0) is 6.42 Å². The number of thiol groups is 1. The quantitative estimate of drug-likeness (QED) is 0.803. The molecule has 0 unspecified atom stereocenters. The first-order chi connectivity index (χ1) is 9.30. The maximum absolute atomic E-state index is 4.52. The third kappa shape index (κ3) is 3.55. The van der Waals surface area contributed by atoms with E-state index in [0.29, 0.717) is 5.41 Å². The van der Waals surface area contributed by atoms with Crippen molar-refractivity contribution in [2.24, 2.45) is 11.3 Å². The fraction of sp³-hybridized carbons (Fsp3) is 0.647. The molecule has 3 rings (SSSR count). The van der Waals surface area contributed by atoms with E-state index in [9.17, 15) is 0 Å². The van der Waals surface area contributed by atoms with Gasteiger partial charge in [0, 0.05) is 6.54 Å². The molecule has 104 valence electrons. The highest BCUT2D eigenvalue weighted by Crippen LogP contribution is 2.47. The Morgan fingerprint density at radius 2 is 1.79 bits per heavy atom. The Hall–Kier alpha value is -0.470. The molecule has 1 aliphatic heterocycles. The standard InChI is InChI=1S/C17H25NS/c19-14-17(8-9-17)13-18-10-6-16(7-11-18)12-15-4-2-1-3-5-15/h1-5,16,19H,6-14H2. The SMILES string of the molecule is SCC1(CN2CCC(Cc3ccccc3)CC2)CC1. The Labute approximate surface area is 122 Å². The van der Waals surface area contributed by atoms with Crippen molar-refractivity contribution >= 4 is 12.6 Å². The van der Waals surface area contributed by atoms with Gasteiger partial charge in [-0.1, -0.05) is 30.3 Å². The van der Waals surface area contributed by atoms with E-state index in [1.165, 1.54) is 57.3 Å². The Balaban J connectivity index is 1.45. The summed E-state index contributed by atoms with van der Waals surface area (Å²) in [7, 11) is 0. The van der Waals surface area contributed by atoms with E-state index >= 15 is 0 Å². The minimum absolute atomic E-state index is 0.593. The third-order valence-corrected chi connectivity index (χ3v) is 5.60. The van der Waals surface area contributed by atoms with Crippen molar-refractivity contribution in [2.45, 2.75) is 32.1 Å². The van der Waals surface area contributed by atoms with Gasteiger partial charge in [0.2, 0.25) is 0 Å². The molecule has 0 amide bonds. The summed E-state index contributed by atoms with van der Waals surface area (Å²) in [6, 6.07) is 11.0. The second-order valence-corrected chi connectivity index (χ2v) is 6.88. The van der Waals surface area contributed by atoms with Crippen LogP contribution >= 0.6 is 12.6 Å². The monoisotopic (exact) mass is 275 g/mol. The summed E-state index contributed by atoms with van der Waals surface area (Å²) in [6.45, 7) is 3.90. The van der Waals surface area contributed by atoms with Crippen molar-refractivity contribution in [2.75, 3.05) is 25.4 Å². The Morgan fingerprint density at radius 3 is 2.37 bits per heavy atom. The van der Waals surface area contributed by atoms with Crippen molar-refractivity contribution in [3.63, 3.8) is 0 Å². The zero-order valence-corrected chi connectivity index (χ0v) is 12.6. The summed E-state index contributed by atoms with van der Waals surface area (Å²) >= 11 is 4.52. The van der Waals surface area contributed by atoms with Crippen LogP contribution in [0.15, 0.2) is 30.3 Å². The molecule has 1 aromatic rings. The third-order valence-electron chi connectivity index (χ3n) is 4.93. The summed E-state index contributed by atoms with van der Waals surface area (Å²) in [4.78, 5) is 2.69. The maximum Gasteiger partial charge on any atom is 0.00458 e. The lowest BCUT2D eigenvalue weighted by Crippen LogP contribution is -2.38. The average Bonchev–Trinajstić information content (AvgIpc) is 3.23. The molecule has 1 heterocycles. The van der Waals surface area contributed by atoms with Crippen LogP contribution in [0.4, 0.5) is 0 Å². The average molecular weight is 275 g/mol. The molecular weight excluding hydrogens is 250 g/mol. The summed E-state index contributed by atoms with van der Waals surface area (Å²) in [6.07, 6.45) is 6.82. The minimum atomic E-state index is 0.593. The van der Waals surface area contributed by atoms with E-state index in [4.69, 9.17) is 0 Å². The molecule has 1 aliphatic carbocycles. The zero-order valence-electron chi connectivity index (χ0n) is 11.7. The van der Waals surface area contributed by atoms with Crippen LogP contribution in [-0.4, -0.2) is 30.3 Å². The molecule has 1 saturated carbocycles. The van der Waals surface area contributed by atoms with Crippen LogP contribution in [0.25, 0.3) is 0 Å². The van der Waals surface area contributed by atoms with E-state index in [-0.39, 0.29) is 0 Å². The second kappa shape index (κ2) is 5.88. The molecule has 1 saturated heterocycles. The molecule has 2 aliphatic rings. The largest absolute Gasteiger partial charge is 0.303 e. The summed E-state index contributed by atoms with van der Waals surface area (Å²) in [5.74, 6) is 1.97. The number of nitrogens with zero attached hydrogens (tertiary/aromatic N) is 1. The normalized spacial score (nSPS) is 23.4. The molecule has 0 spiro atoms. The first kappa shape index (κ1) is 13.5. The van der Waals surface area contributed by atoms with Gasteiger partial charge in [-0.05, 0) is 67.8 Å². The second-order valence-electron chi connectivity index (χ2n) is 6.57. The van der Waals surface area contributed by atoms with E-state index in [1.54, 1.807) is 0 Å². The van der Waals surface area contributed by atoms with Crippen LogP contribution < -0.4 is 0 Å². The lowest BCUT2D eigenvalue weighted by molar-refractivity contribution is 0.159. The van der Waals surface area contributed by atoms with Gasteiger partial charge >= 0.3 is 0 Å². The number of rotatable bonds is 5. The number of likely N-dealkylation sites (tertiary alicyclic amines) is 1. The van der Waals surface area contributed by atoms with Crippen molar-refractivity contribution < 1.29 is 0 Å². The first-order valence-electron chi connectivity index (χ1n) is 7.67. The number of benzene rings is 1. The van der Waals surface area contributed by atoms with E-state index in [0.717, 1.165) is 11.7 Å². The Bertz CT molecular complexity index is 391. The number of piperidine rings is 1. The highest BCUT2D eigenvalue weighted by atomic mass is 32.1. The molecule has 19 heavy (non-hydrogen) atoms. The van der Waals surface area contributed by atoms with E-state index in [2.05, 4.69) is 47.9 Å². The van der Waals surface area contributed by atoms with Crippen LogP contribution in [0.2, 0.25) is 0 Å². The van der Waals surface area contributed by atoms with Crippen molar-refractivity contribution in [1.29, 1.82) is 0 Å². The van der Waals surface area contributed by atoms with Gasteiger partial charge < -0.3 is 4.90 Å². The molecular formula is C17H25NS. The predicted molar refractivity (Wildman–Crippen MR) is 84.8 cm³/mol. The van der Waals surface area contributed by atoms with E-state index < -0.39 is 0 Å². The van der Waals surface area contributed by atoms with Gasteiger partial charge in [0.25, 0.3) is 0 Å². The number of hydrogen-bond donors (Lipinski definition) is 1. The molecule has 2 fully saturated rings. The highest BCUT2D eigenvalue weighted by molar-refractivity contribution is 7.80. The van der Waals surface area contributed by atoms with Crippen molar-refractivity contribution in [3.05, 3.63) is 35.9 Å². The van der Waals surface area contributed by atoms with Crippen LogP contribution in [0, 0.1) is 11.3 Å².